The molecule has 0 unspecified atom stereocenters. The van der Waals surface area contributed by atoms with Crippen LogP contribution < -0.4 is 4.74 Å². The number of carbonyl (C=O) groups is 1. The fraction of sp³-hybridized carbons (Fsp3) is 0.222. The first-order chi connectivity index (χ1) is 12.9. The highest BCUT2D eigenvalue weighted by Crippen LogP contribution is 2.31. The predicted molar refractivity (Wildman–Crippen MR) is 89.1 cm³/mol. The number of aromatic nitrogens is 3. The van der Waals surface area contributed by atoms with Crippen molar-refractivity contribution in [1.29, 1.82) is 0 Å². The monoisotopic (exact) mass is 374 g/mol. The zero-order valence-corrected chi connectivity index (χ0v) is 13.8. The van der Waals surface area contributed by atoms with Crippen LogP contribution in [0.25, 0.3) is 11.0 Å². The molecular formula is C18H13F3N4O2. The number of pyridine rings is 1. The minimum atomic E-state index is -4.46. The van der Waals surface area contributed by atoms with Gasteiger partial charge in [0.15, 0.2) is 0 Å². The molecule has 1 saturated heterocycles. The standard InChI is InChI=1S/C18H13F3N4O2/c19-18(20,21)11-5-6-22-16(7-11)27-12-9-25(10-12)17(26)15-8-23-13-3-1-2-4-14(13)24-15/h1-8,12H,9-10H2. The zero-order chi connectivity index (χ0) is 19.0. The Morgan fingerprint density at radius 2 is 1.85 bits per heavy atom. The van der Waals surface area contributed by atoms with Crippen LogP contribution in [-0.2, 0) is 6.18 Å². The maximum atomic E-state index is 12.7. The maximum Gasteiger partial charge on any atom is 0.416 e. The zero-order valence-electron chi connectivity index (χ0n) is 13.8. The van der Waals surface area contributed by atoms with Crippen molar-refractivity contribution in [2.24, 2.45) is 0 Å². The number of halogens is 3. The molecule has 1 amide bonds. The summed E-state index contributed by atoms with van der Waals surface area (Å²) in [5.74, 6) is -0.419. The molecule has 27 heavy (non-hydrogen) atoms. The van der Waals surface area contributed by atoms with Gasteiger partial charge in [0, 0.05) is 12.3 Å². The van der Waals surface area contributed by atoms with Gasteiger partial charge in [0.25, 0.3) is 5.91 Å². The summed E-state index contributed by atoms with van der Waals surface area (Å²) < 4.78 is 43.6. The summed E-state index contributed by atoms with van der Waals surface area (Å²) in [6.45, 7) is 0.483. The molecular weight excluding hydrogens is 361 g/mol. The third kappa shape index (κ3) is 3.53. The van der Waals surface area contributed by atoms with Crippen molar-refractivity contribution in [2.45, 2.75) is 12.3 Å². The van der Waals surface area contributed by atoms with Gasteiger partial charge in [-0.2, -0.15) is 13.2 Å². The normalized spacial score (nSPS) is 14.9. The molecule has 0 bridgehead atoms. The Kier molecular flexibility index (Phi) is 4.14. The SMILES string of the molecule is O=C(c1cnc2ccccc2n1)N1CC(Oc2cc(C(F)(F)F)ccn2)C1. The molecule has 0 spiro atoms. The fourth-order valence-corrected chi connectivity index (χ4v) is 2.72. The van der Waals surface area contributed by atoms with Crippen LogP contribution in [0.2, 0.25) is 0 Å². The van der Waals surface area contributed by atoms with E-state index in [0.29, 0.717) is 11.0 Å². The third-order valence-corrected chi connectivity index (χ3v) is 4.15. The predicted octanol–water partition coefficient (Wildman–Crippen LogP) is 2.95. The van der Waals surface area contributed by atoms with Gasteiger partial charge in [-0.1, -0.05) is 12.1 Å². The van der Waals surface area contributed by atoms with Gasteiger partial charge in [-0.15, -0.1) is 0 Å². The molecule has 6 nitrogen and oxygen atoms in total. The summed E-state index contributed by atoms with van der Waals surface area (Å²) in [4.78, 5) is 26.2. The van der Waals surface area contributed by atoms with E-state index >= 15 is 0 Å². The number of hydrogen-bond acceptors (Lipinski definition) is 5. The van der Waals surface area contributed by atoms with Crippen LogP contribution in [0.5, 0.6) is 5.88 Å². The molecule has 0 saturated carbocycles. The first kappa shape index (κ1) is 17.2. The summed E-state index contributed by atoms with van der Waals surface area (Å²) in [7, 11) is 0. The van der Waals surface area contributed by atoms with Gasteiger partial charge in [0.05, 0.1) is 35.9 Å². The first-order valence-corrected chi connectivity index (χ1v) is 8.11. The second kappa shape index (κ2) is 6.49. The highest BCUT2D eigenvalue weighted by atomic mass is 19.4. The molecule has 1 aliphatic heterocycles. The van der Waals surface area contributed by atoms with Gasteiger partial charge in [0.2, 0.25) is 5.88 Å². The van der Waals surface area contributed by atoms with Crippen LogP contribution in [-0.4, -0.2) is 45.0 Å². The van der Waals surface area contributed by atoms with E-state index < -0.39 is 17.8 Å². The van der Waals surface area contributed by atoms with E-state index in [1.165, 1.54) is 11.1 Å². The molecule has 0 atom stereocenters. The number of alkyl halides is 3. The largest absolute Gasteiger partial charge is 0.471 e. The molecule has 138 valence electrons. The number of nitrogens with zero attached hydrogens (tertiary/aromatic N) is 4. The van der Waals surface area contributed by atoms with Gasteiger partial charge >= 0.3 is 6.18 Å². The second-order valence-corrected chi connectivity index (χ2v) is 6.07. The van der Waals surface area contributed by atoms with Crippen LogP contribution in [0.1, 0.15) is 16.1 Å². The third-order valence-electron chi connectivity index (χ3n) is 4.15. The maximum absolute atomic E-state index is 12.7. The van der Waals surface area contributed by atoms with Gasteiger partial charge in [-0.3, -0.25) is 9.78 Å². The van der Waals surface area contributed by atoms with E-state index in [-0.39, 0.29) is 30.6 Å². The summed E-state index contributed by atoms with van der Waals surface area (Å²) >= 11 is 0. The van der Waals surface area contributed by atoms with Crippen LogP contribution >= 0.6 is 0 Å². The van der Waals surface area contributed by atoms with Crippen LogP contribution in [0, 0.1) is 0 Å². The van der Waals surface area contributed by atoms with Gasteiger partial charge in [0.1, 0.15) is 11.8 Å². The van der Waals surface area contributed by atoms with Gasteiger partial charge in [-0.05, 0) is 18.2 Å². The lowest BCUT2D eigenvalue weighted by Crippen LogP contribution is -2.56. The Hall–Kier alpha value is -3.23. The average Bonchev–Trinajstić information content (AvgIpc) is 2.63. The number of amides is 1. The molecule has 0 N–H and O–H groups in total. The number of ether oxygens (including phenoxy) is 1. The van der Waals surface area contributed by atoms with Crippen molar-refractivity contribution < 1.29 is 22.7 Å². The molecule has 0 radical (unpaired) electrons. The second-order valence-electron chi connectivity index (χ2n) is 6.07. The number of benzene rings is 1. The molecule has 0 aliphatic carbocycles. The van der Waals surface area contributed by atoms with Crippen LogP contribution in [0.15, 0.2) is 48.8 Å². The van der Waals surface area contributed by atoms with Crippen molar-refractivity contribution in [3.8, 4) is 5.88 Å². The van der Waals surface area contributed by atoms with Gasteiger partial charge in [-0.25, -0.2) is 9.97 Å². The molecule has 2 aromatic heterocycles. The number of fused-ring (bicyclic) bond motifs is 1. The lowest BCUT2D eigenvalue weighted by Gasteiger charge is -2.38. The van der Waals surface area contributed by atoms with E-state index in [2.05, 4.69) is 15.0 Å². The Morgan fingerprint density at radius 1 is 1.11 bits per heavy atom. The Labute approximate surface area is 151 Å². The topological polar surface area (TPSA) is 68.2 Å². The van der Waals surface area contributed by atoms with E-state index in [0.717, 1.165) is 18.3 Å². The number of para-hydroxylation sites is 2. The van der Waals surface area contributed by atoms with E-state index in [1.807, 2.05) is 6.07 Å². The summed E-state index contributed by atoms with van der Waals surface area (Å²) in [6, 6.07) is 8.92. The molecule has 1 fully saturated rings. The van der Waals surface area contributed by atoms with Crippen molar-refractivity contribution in [2.75, 3.05) is 13.1 Å². The highest BCUT2D eigenvalue weighted by Gasteiger charge is 2.35. The van der Waals surface area contributed by atoms with Crippen molar-refractivity contribution in [3.05, 3.63) is 60.0 Å². The van der Waals surface area contributed by atoms with Gasteiger partial charge < -0.3 is 9.64 Å². The number of likely N-dealkylation sites (tertiary alicyclic amines) is 1. The summed E-state index contributed by atoms with van der Waals surface area (Å²) in [5.41, 5.74) is 0.690. The summed E-state index contributed by atoms with van der Waals surface area (Å²) in [6.07, 6.45) is -2.42. The van der Waals surface area contributed by atoms with Crippen LogP contribution in [0.3, 0.4) is 0 Å². The summed E-state index contributed by atoms with van der Waals surface area (Å²) in [5, 5.41) is 0. The quantitative estimate of drug-likeness (QED) is 0.705. The number of rotatable bonds is 3. The Morgan fingerprint density at radius 3 is 2.59 bits per heavy atom. The van der Waals surface area contributed by atoms with E-state index in [4.69, 9.17) is 4.74 Å². The Bertz CT molecular complexity index is 1000. The lowest BCUT2D eigenvalue weighted by atomic mass is 10.1. The van der Waals surface area contributed by atoms with Crippen molar-refractivity contribution in [1.82, 2.24) is 19.9 Å². The Balaban J connectivity index is 1.39. The van der Waals surface area contributed by atoms with E-state index in [1.54, 1.807) is 18.2 Å². The average molecular weight is 374 g/mol. The van der Waals surface area contributed by atoms with E-state index in [9.17, 15) is 18.0 Å². The highest BCUT2D eigenvalue weighted by molar-refractivity contribution is 5.94. The number of carbonyl (C=O) groups excluding carboxylic acids is 1. The number of hydrogen-bond donors (Lipinski definition) is 0. The first-order valence-electron chi connectivity index (χ1n) is 8.11. The van der Waals surface area contributed by atoms with Crippen molar-refractivity contribution in [3.63, 3.8) is 0 Å². The lowest BCUT2D eigenvalue weighted by molar-refractivity contribution is -0.137. The molecule has 1 aromatic carbocycles. The minimum absolute atomic E-state index is 0.118. The van der Waals surface area contributed by atoms with Crippen molar-refractivity contribution >= 4 is 16.9 Å². The molecule has 3 aromatic rings. The molecule has 9 heteroatoms. The molecule has 3 heterocycles. The van der Waals surface area contributed by atoms with Crippen LogP contribution in [0.4, 0.5) is 13.2 Å². The minimum Gasteiger partial charge on any atom is -0.471 e. The fourth-order valence-electron chi connectivity index (χ4n) is 2.72. The molecule has 4 rings (SSSR count). The molecule has 1 aliphatic rings. The smallest absolute Gasteiger partial charge is 0.416 e.